The average Bonchev–Trinajstić information content (AvgIpc) is 3.19. The van der Waals surface area contributed by atoms with Crippen molar-refractivity contribution in [2.75, 3.05) is 19.6 Å². The summed E-state index contributed by atoms with van der Waals surface area (Å²) in [4.78, 5) is 26.0. The zero-order chi connectivity index (χ0) is 17.3. The number of nitrogens with zero attached hydrogens (tertiary/aromatic N) is 2. The molecule has 2 atom stereocenters. The van der Waals surface area contributed by atoms with Crippen molar-refractivity contribution < 1.29 is 9.59 Å². The minimum atomic E-state index is -0.534. The summed E-state index contributed by atoms with van der Waals surface area (Å²) in [7, 11) is 1.74. The van der Waals surface area contributed by atoms with Crippen LogP contribution in [0.3, 0.4) is 0 Å². The number of aryl methyl sites for hydroxylation is 1. The predicted molar refractivity (Wildman–Crippen MR) is 91.6 cm³/mol. The number of benzene rings is 1. The highest BCUT2D eigenvalue weighted by atomic mass is 16.2. The van der Waals surface area contributed by atoms with Crippen LogP contribution >= 0.6 is 0 Å². The number of likely N-dealkylation sites (tertiary alicyclic amines) is 1. The van der Waals surface area contributed by atoms with Gasteiger partial charge in [-0.15, -0.1) is 0 Å². The minimum absolute atomic E-state index is 0.0955. The van der Waals surface area contributed by atoms with E-state index in [1.54, 1.807) is 23.9 Å². The van der Waals surface area contributed by atoms with E-state index in [1.165, 1.54) is 5.56 Å². The molecule has 0 bridgehead atoms. The normalized spacial score (nSPS) is 20.3. The standard InChI is InChI=1S/C18H22N4O2/c1-21-9-13(17(20)23)7-16(21)18(24)22-10-14(8-19)15(11-22)12-5-3-2-4-6-12/h2-7,9,14-15H,8,10-11,19H2,1H3,(H2,20,23)/t14-,15+/m1/s1. The summed E-state index contributed by atoms with van der Waals surface area (Å²) < 4.78 is 1.65. The van der Waals surface area contributed by atoms with E-state index in [9.17, 15) is 9.59 Å². The molecule has 1 aromatic heterocycles. The van der Waals surface area contributed by atoms with Crippen LogP contribution in [0.1, 0.15) is 32.3 Å². The summed E-state index contributed by atoms with van der Waals surface area (Å²) in [6, 6.07) is 11.7. The fourth-order valence-electron chi connectivity index (χ4n) is 3.43. The topological polar surface area (TPSA) is 94.3 Å². The molecule has 3 rings (SSSR count). The van der Waals surface area contributed by atoms with Gasteiger partial charge in [0.2, 0.25) is 5.91 Å². The number of rotatable bonds is 4. The van der Waals surface area contributed by atoms with Gasteiger partial charge < -0.3 is 20.9 Å². The second kappa shape index (κ2) is 6.49. The third kappa shape index (κ3) is 2.92. The van der Waals surface area contributed by atoms with Crippen molar-refractivity contribution in [2.45, 2.75) is 5.92 Å². The van der Waals surface area contributed by atoms with Crippen LogP contribution in [0.25, 0.3) is 0 Å². The van der Waals surface area contributed by atoms with E-state index < -0.39 is 5.91 Å². The number of aromatic nitrogens is 1. The Morgan fingerprint density at radius 1 is 1.21 bits per heavy atom. The Bertz CT molecular complexity index is 754. The number of carbonyl (C=O) groups is 2. The lowest BCUT2D eigenvalue weighted by molar-refractivity contribution is 0.0777. The van der Waals surface area contributed by atoms with Crippen LogP contribution in [0.5, 0.6) is 0 Å². The minimum Gasteiger partial charge on any atom is -0.366 e. The average molecular weight is 326 g/mol. The van der Waals surface area contributed by atoms with Crippen molar-refractivity contribution >= 4 is 11.8 Å². The number of primary amides is 1. The predicted octanol–water partition coefficient (Wildman–Crippen LogP) is 0.939. The van der Waals surface area contributed by atoms with Gasteiger partial charge in [0.1, 0.15) is 5.69 Å². The van der Waals surface area contributed by atoms with Gasteiger partial charge in [0.15, 0.2) is 0 Å². The maximum atomic E-state index is 12.9. The highest BCUT2D eigenvalue weighted by Crippen LogP contribution is 2.32. The fraction of sp³-hybridized carbons (Fsp3) is 0.333. The van der Waals surface area contributed by atoms with Crippen molar-refractivity contribution in [1.29, 1.82) is 0 Å². The molecule has 2 amide bonds. The molecule has 0 aliphatic carbocycles. The molecule has 1 aliphatic rings. The molecule has 126 valence electrons. The smallest absolute Gasteiger partial charge is 0.270 e. The van der Waals surface area contributed by atoms with E-state index in [2.05, 4.69) is 12.1 Å². The molecule has 1 saturated heterocycles. The van der Waals surface area contributed by atoms with Gasteiger partial charge in [-0.1, -0.05) is 30.3 Å². The maximum absolute atomic E-state index is 12.9. The Morgan fingerprint density at radius 2 is 1.92 bits per heavy atom. The Kier molecular flexibility index (Phi) is 4.40. The number of hydrogen-bond acceptors (Lipinski definition) is 3. The second-order valence-electron chi connectivity index (χ2n) is 6.31. The first kappa shape index (κ1) is 16.3. The molecule has 1 aromatic carbocycles. The molecule has 0 spiro atoms. The second-order valence-corrected chi connectivity index (χ2v) is 6.31. The molecule has 24 heavy (non-hydrogen) atoms. The van der Waals surface area contributed by atoms with E-state index in [0.29, 0.717) is 30.9 Å². The number of carbonyl (C=O) groups excluding carboxylic acids is 2. The van der Waals surface area contributed by atoms with Crippen molar-refractivity contribution in [3.63, 3.8) is 0 Å². The molecule has 0 saturated carbocycles. The maximum Gasteiger partial charge on any atom is 0.270 e. The Balaban J connectivity index is 1.83. The van der Waals surface area contributed by atoms with Crippen LogP contribution in [0, 0.1) is 5.92 Å². The lowest BCUT2D eigenvalue weighted by Crippen LogP contribution is -2.31. The molecule has 1 aliphatic heterocycles. The summed E-state index contributed by atoms with van der Waals surface area (Å²) in [5.74, 6) is -0.168. The number of nitrogens with two attached hydrogens (primary N) is 2. The van der Waals surface area contributed by atoms with Gasteiger partial charge in [0, 0.05) is 32.3 Å². The molecule has 6 heteroatoms. The van der Waals surface area contributed by atoms with Gasteiger partial charge >= 0.3 is 0 Å². The largest absolute Gasteiger partial charge is 0.366 e. The quantitative estimate of drug-likeness (QED) is 0.875. The molecule has 1 fully saturated rings. The van der Waals surface area contributed by atoms with Crippen LogP contribution in [-0.2, 0) is 7.05 Å². The van der Waals surface area contributed by atoms with Crippen LogP contribution in [0.15, 0.2) is 42.6 Å². The van der Waals surface area contributed by atoms with Gasteiger partial charge in [0.05, 0.1) is 5.56 Å². The van der Waals surface area contributed by atoms with E-state index in [-0.39, 0.29) is 17.7 Å². The van der Waals surface area contributed by atoms with Gasteiger partial charge in [-0.2, -0.15) is 0 Å². The van der Waals surface area contributed by atoms with Crippen molar-refractivity contribution in [2.24, 2.45) is 24.4 Å². The van der Waals surface area contributed by atoms with Gasteiger partial charge in [-0.3, -0.25) is 9.59 Å². The van der Waals surface area contributed by atoms with E-state index in [1.807, 2.05) is 23.1 Å². The van der Waals surface area contributed by atoms with E-state index >= 15 is 0 Å². The van der Waals surface area contributed by atoms with E-state index in [0.717, 1.165) is 0 Å². The first-order valence-electron chi connectivity index (χ1n) is 8.01. The highest BCUT2D eigenvalue weighted by Gasteiger charge is 2.36. The Hall–Kier alpha value is -2.60. The van der Waals surface area contributed by atoms with Crippen molar-refractivity contribution in [3.05, 3.63) is 59.4 Å². The summed E-state index contributed by atoms with van der Waals surface area (Å²) in [6.07, 6.45) is 1.58. The number of hydrogen-bond donors (Lipinski definition) is 2. The highest BCUT2D eigenvalue weighted by molar-refractivity contribution is 5.98. The summed E-state index contributed by atoms with van der Waals surface area (Å²) >= 11 is 0. The molecule has 6 nitrogen and oxygen atoms in total. The SMILES string of the molecule is Cn1cc(C(N)=O)cc1C(=O)N1C[C@@H](CN)[C@H](c2ccccc2)C1. The van der Waals surface area contributed by atoms with E-state index in [4.69, 9.17) is 11.5 Å². The molecule has 4 N–H and O–H groups in total. The monoisotopic (exact) mass is 326 g/mol. The van der Waals surface area contributed by atoms with Crippen LogP contribution in [0.2, 0.25) is 0 Å². The third-order valence-electron chi connectivity index (χ3n) is 4.77. The van der Waals surface area contributed by atoms with Crippen LogP contribution < -0.4 is 11.5 Å². The van der Waals surface area contributed by atoms with Crippen molar-refractivity contribution in [1.82, 2.24) is 9.47 Å². The van der Waals surface area contributed by atoms with Gasteiger partial charge in [-0.05, 0) is 24.1 Å². The summed E-state index contributed by atoms with van der Waals surface area (Å²) in [6.45, 7) is 1.77. The van der Waals surface area contributed by atoms with Crippen LogP contribution in [0.4, 0.5) is 0 Å². The Morgan fingerprint density at radius 3 is 2.50 bits per heavy atom. The molecule has 0 unspecified atom stereocenters. The van der Waals surface area contributed by atoms with Gasteiger partial charge in [-0.25, -0.2) is 0 Å². The van der Waals surface area contributed by atoms with Gasteiger partial charge in [0.25, 0.3) is 5.91 Å². The third-order valence-corrected chi connectivity index (χ3v) is 4.77. The zero-order valence-corrected chi connectivity index (χ0v) is 13.7. The Labute approximate surface area is 141 Å². The lowest BCUT2D eigenvalue weighted by atomic mass is 9.89. The summed E-state index contributed by atoms with van der Waals surface area (Å²) in [5.41, 5.74) is 13.2. The molecule has 2 heterocycles. The number of amides is 2. The van der Waals surface area contributed by atoms with Crippen LogP contribution in [-0.4, -0.2) is 40.9 Å². The lowest BCUT2D eigenvalue weighted by Gasteiger charge is -2.17. The zero-order valence-electron chi connectivity index (χ0n) is 13.7. The molecular formula is C18H22N4O2. The first-order chi connectivity index (χ1) is 11.5. The first-order valence-corrected chi connectivity index (χ1v) is 8.01. The molecule has 2 aromatic rings. The van der Waals surface area contributed by atoms with Crippen molar-refractivity contribution in [3.8, 4) is 0 Å². The summed E-state index contributed by atoms with van der Waals surface area (Å²) in [5, 5.41) is 0. The molecular weight excluding hydrogens is 304 g/mol. The fourth-order valence-corrected chi connectivity index (χ4v) is 3.43. The molecule has 0 radical (unpaired) electrons.